The summed E-state index contributed by atoms with van der Waals surface area (Å²) in [6, 6.07) is 5.64. The van der Waals surface area contributed by atoms with E-state index in [1.165, 1.54) is 12.1 Å². The third kappa shape index (κ3) is 4.34. The fraction of sp³-hybridized carbons (Fsp3) is 0.273. The standard InChI is InChI=1S/C11H11N5O4/c1-2-20-11(17)7-13-15-14-9-4-3-8(6-12)5-10(9)16(18)19/h3-5H,2,7H2,1H3,(H,13,14). The molecule has 0 bridgehead atoms. The molecule has 1 rings (SSSR count). The topological polar surface area (TPSA) is 130 Å². The number of hydrogen-bond donors (Lipinski definition) is 1. The Kier molecular flexibility index (Phi) is 5.58. The van der Waals surface area contributed by atoms with Gasteiger partial charge in [0.1, 0.15) is 5.69 Å². The Bertz CT molecular complexity index is 579. The number of carbonyl (C=O) groups excluding carboxylic acids is 1. The number of nitrogens with one attached hydrogen (secondary N) is 1. The molecule has 1 N–H and O–H groups in total. The van der Waals surface area contributed by atoms with Crippen LogP contribution in [0.15, 0.2) is 28.5 Å². The van der Waals surface area contributed by atoms with Crippen LogP contribution in [0, 0.1) is 21.4 Å². The quantitative estimate of drug-likeness (QED) is 0.365. The summed E-state index contributed by atoms with van der Waals surface area (Å²) >= 11 is 0. The van der Waals surface area contributed by atoms with E-state index in [9.17, 15) is 14.9 Å². The number of ether oxygens (including phenoxy) is 1. The number of nitriles is 1. The van der Waals surface area contributed by atoms with Crippen LogP contribution in [0.3, 0.4) is 0 Å². The lowest BCUT2D eigenvalue weighted by atomic mass is 10.2. The number of benzene rings is 1. The molecule has 0 amide bonds. The summed E-state index contributed by atoms with van der Waals surface area (Å²) in [5.74, 6) is -0.549. The summed E-state index contributed by atoms with van der Waals surface area (Å²) in [6.45, 7) is 1.61. The Morgan fingerprint density at radius 1 is 1.60 bits per heavy atom. The van der Waals surface area contributed by atoms with Crippen molar-refractivity contribution < 1.29 is 14.5 Å². The van der Waals surface area contributed by atoms with Crippen LogP contribution in [-0.4, -0.2) is 24.0 Å². The lowest BCUT2D eigenvalue weighted by Gasteiger charge is -2.01. The molecule has 0 aliphatic heterocycles. The number of anilines is 1. The van der Waals surface area contributed by atoms with Gasteiger partial charge in [-0.1, -0.05) is 5.22 Å². The second-order valence-electron chi connectivity index (χ2n) is 3.42. The molecule has 0 aromatic heterocycles. The van der Waals surface area contributed by atoms with Gasteiger partial charge in [0.15, 0.2) is 6.54 Å². The van der Waals surface area contributed by atoms with E-state index in [0.717, 1.165) is 6.07 Å². The van der Waals surface area contributed by atoms with Crippen molar-refractivity contribution in [1.29, 1.82) is 5.26 Å². The smallest absolute Gasteiger partial charge is 0.329 e. The molecule has 20 heavy (non-hydrogen) atoms. The van der Waals surface area contributed by atoms with Crippen LogP contribution in [0.4, 0.5) is 11.4 Å². The van der Waals surface area contributed by atoms with Gasteiger partial charge < -0.3 is 4.74 Å². The van der Waals surface area contributed by atoms with E-state index in [0.29, 0.717) is 0 Å². The largest absolute Gasteiger partial charge is 0.465 e. The minimum atomic E-state index is -0.649. The van der Waals surface area contributed by atoms with Gasteiger partial charge in [0, 0.05) is 6.07 Å². The zero-order chi connectivity index (χ0) is 15.0. The first-order valence-corrected chi connectivity index (χ1v) is 5.55. The van der Waals surface area contributed by atoms with E-state index >= 15 is 0 Å². The minimum absolute atomic E-state index is 0.0709. The highest BCUT2D eigenvalue weighted by Gasteiger charge is 2.14. The van der Waals surface area contributed by atoms with Crippen LogP contribution in [0.2, 0.25) is 0 Å². The molecule has 0 atom stereocenters. The molecule has 0 unspecified atom stereocenters. The summed E-state index contributed by atoms with van der Waals surface area (Å²) in [4.78, 5) is 21.1. The van der Waals surface area contributed by atoms with Gasteiger partial charge in [0.2, 0.25) is 0 Å². The van der Waals surface area contributed by atoms with E-state index in [1.807, 2.05) is 0 Å². The Balaban J connectivity index is 2.73. The van der Waals surface area contributed by atoms with Crippen LogP contribution in [0.25, 0.3) is 0 Å². The molecule has 0 spiro atoms. The molecule has 1 aromatic rings. The van der Waals surface area contributed by atoms with Crippen LogP contribution >= 0.6 is 0 Å². The first-order chi connectivity index (χ1) is 9.58. The summed E-state index contributed by atoms with van der Waals surface area (Å²) in [5.41, 5.74) is 2.27. The van der Waals surface area contributed by atoms with Gasteiger partial charge in [-0.3, -0.25) is 15.5 Å². The van der Waals surface area contributed by atoms with Crippen molar-refractivity contribution in [1.82, 2.24) is 0 Å². The zero-order valence-electron chi connectivity index (χ0n) is 10.6. The van der Waals surface area contributed by atoms with Crippen molar-refractivity contribution >= 4 is 17.3 Å². The van der Waals surface area contributed by atoms with Gasteiger partial charge in [0.25, 0.3) is 5.69 Å². The second-order valence-corrected chi connectivity index (χ2v) is 3.42. The predicted octanol–water partition coefficient (Wildman–Crippen LogP) is 1.81. The van der Waals surface area contributed by atoms with Crippen molar-refractivity contribution in [3.05, 3.63) is 33.9 Å². The average molecular weight is 277 g/mol. The van der Waals surface area contributed by atoms with Gasteiger partial charge in [-0.25, -0.2) is 4.79 Å². The molecule has 0 saturated carbocycles. The molecule has 0 fully saturated rings. The molecule has 104 valence electrons. The number of esters is 1. The lowest BCUT2D eigenvalue weighted by Crippen LogP contribution is -2.07. The van der Waals surface area contributed by atoms with Crippen molar-refractivity contribution in [2.24, 2.45) is 10.3 Å². The lowest BCUT2D eigenvalue weighted by molar-refractivity contribution is -0.384. The fourth-order valence-electron chi connectivity index (χ4n) is 1.24. The van der Waals surface area contributed by atoms with E-state index in [4.69, 9.17) is 5.26 Å². The van der Waals surface area contributed by atoms with Crippen LogP contribution in [0.1, 0.15) is 12.5 Å². The molecule has 0 aliphatic rings. The van der Waals surface area contributed by atoms with Crippen molar-refractivity contribution in [3.8, 4) is 6.07 Å². The highest BCUT2D eigenvalue weighted by Crippen LogP contribution is 2.25. The molecule has 0 saturated heterocycles. The fourth-order valence-corrected chi connectivity index (χ4v) is 1.24. The average Bonchev–Trinajstić information content (AvgIpc) is 2.43. The Morgan fingerprint density at radius 3 is 2.95 bits per heavy atom. The van der Waals surface area contributed by atoms with E-state index in [-0.39, 0.29) is 30.1 Å². The monoisotopic (exact) mass is 277 g/mol. The third-order valence-corrected chi connectivity index (χ3v) is 2.07. The number of nitro benzene ring substituents is 1. The number of hydrogen-bond acceptors (Lipinski definition) is 7. The molecular weight excluding hydrogens is 266 g/mol. The highest BCUT2D eigenvalue weighted by atomic mass is 16.6. The first-order valence-electron chi connectivity index (χ1n) is 5.55. The molecule has 0 aliphatic carbocycles. The molecule has 9 heteroatoms. The van der Waals surface area contributed by atoms with E-state index in [1.54, 1.807) is 13.0 Å². The maximum absolute atomic E-state index is 11.0. The van der Waals surface area contributed by atoms with Gasteiger partial charge in [-0.05, 0) is 19.1 Å². The van der Waals surface area contributed by atoms with Crippen LogP contribution in [-0.2, 0) is 9.53 Å². The van der Waals surface area contributed by atoms with E-state index in [2.05, 4.69) is 20.5 Å². The summed E-state index contributed by atoms with van der Waals surface area (Å²) in [5, 5.41) is 26.4. The Labute approximate surface area is 114 Å². The summed E-state index contributed by atoms with van der Waals surface area (Å²) in [6.07, 6.45) is 0. The second kappa shape index (κ2) is 7.42. The molecule has 1 aromatic carbocycles. The van der Waals surface area contributed by atoms with Crippen molar-refractivity contribution in [2.75, 3.05) is 18.6 Å². The van der Waals surface area contributed by atoms with E-state index < -0.39 is 10.9 Å². The summed E-state index contributed by atoms with van der Waals surface area (Å²) in [7, 11) is 0. The molecular formula is C11H11N5O4. The molecule has 0 radical (unpaired) electrons. The summed E-state index contributed by atoms with van der Waals surface area (Å²) < 4.78 is 4.62. The number of rotatable bonds is 6. The van der Waals surface area contributed by atoms with Crippen LogP contribution < -0.4 is 5.43 Å². The molecule has 9 nitrogen and oxygen atoms in total. The van der Waals surface area contributed by atoms with Gasteiger partial charge in [-0.15, -0.1) is 0 Å². The van der Waals surface area contributed by atoms with Gasteiger partial charge >= 0.3 is 5.97 Å². The van der Waals surface area contributed by atoms with Gasteiger partial charge in [-0.2, -0.15) is 10.4 Å². The highest BCUT2D eigenvalue weighted by molar-refractivity contribution is 5.71. The zero-order valence-corrected chi connectivity index (χ0v) is 10.6. The normalized spacial score (nSPS) is 10.0. The van der Waals surface area contributed by atoms with Crippen molar-refractivity contribution in [3.63, 3.8) is 0 Å². The minimum Gasteiger partial charge on any atom is -0.465 e. The third-order valence-electron chi connectivity index (χ3n) is 2.07. The SMILES string of the molecule is CCOC(=O)CN=NNc1ccc(C#N)cc1[N+](=O)[O-]. The first kappa shape index (κ1) is 15.0. The Morgan fingerprint density at radius 2 is 2.35 bits per heavy atom. The predicted molar refractivity (Wildman–Crippen MR) is 67.8 cm³/mol. The number of carbonyl (C=O) groups is 1. The van der Waals surface area contributed by atoms with Gasteiger partial charge in [0.05, 0.1) is 23.2 Å². The number of nitrogens with zero attached hydrogens (tertiary/aromatic N) is 4. The molecule has 0 heterocycles. The number of nitro groups is 1. The maximum atomic E-state index is 11.0. The maximum Gasteiger partial charge on any atom is 0.329 e. The van der Waals surface area contributed by atoms with Crippen molar-refractivity contribution in [2.45, 2.75) is 6.92 Å². The Hall–Kier alpha value is -3.02. The van der Waals surface area contributed by atoms with Crippen LogP contribution in [0.5, 0.6) is 0 Å².